The molecule has 1 aromatic rings. The molecule has 10 heteroatoms. The second-order valence-electron chi connectivity index (χ2n) is 11.1. The predicted octanol–water partition coefficient (Wildman–Crippen LogP) is 4.37. The van der Waals surface area contributed by atoms with Crippen LogP contribution in [-0.2, 0) is 21.0 Å². The molecule has 0 unspecified atom stereocenters. The summed E-state index contributed by atoms with van der Waals surface area (Å²) in [6.07, 6.45) is -1.36. The Balaban J connectivity index is 1.78. The standard InChI is InChI=1S/C25H38F3N3O3S/c1-6-13-31(23(32)21(29-5)14-24(2,3)4)22-12-7-17-15-30(16-20(17)22)35(33,34)19-10-8-18(9-11-19)25(26,27)28/h8-11,17,20-22,29H,6-7,12-16H2,1-5H3/t17-,20+,21+,22+/m1/s1. The zero-order valence-corrected chi connectivity index (χ0v) is 22.0. The number of rotatable bonds is 8. The summed E-state index contributed by atoms with van der Waals surface area (Å²) in [6.45, 7) is 9.54. The lowest BCUT2D eigenvalue weighted by Gasteiger charge is -2.37. The number of amides is 1. The Kier molecular flexibility index (Phi) is 8.28. The molecule has 35 heavy (non-hydrogen) atoms. The Hall–Kier alpha value is -1.65. The highest BCUT2D eigenvalue weighted by Gasteiger charge is 2.49. The van der Waals surface area contributed by atoms with E-state index in [4.69, 9.17) is 0 Å². The van der Waals surface area contributed by atoms with Gasteiger partial charge in [-0.15, -0.1) is 0 Å². The summed E-state index contributed by atoms with van der Waals surface area (Å²) in [5.74, 6) is 0.202. The number of likely N-dealkylation sites (N-methyl/N-ethyl adjacent to an activating group) is 1. The van der Waals surface area contributed by atoms with Crippen molar-refractivity contribution in [1.29, 1.82) is 0 Å². The smallest absolute Gasteiger partial charge is 0.338 e. The van der Waals surface area contributed by atoms with Gasteiger partial charge in [-0.25, -0.2) is 8.42 Å². The molecule has 0 bridgehead atoms. The van der Waals surface area contributed by atoms with Crippen molar-refractivity contribution in [2.75, 3.05) is 26.7 Å². The van der Waals surface area contributed by atoms with Gasteiger partial charge in [0.2, 0.25) is 15.9 Å². The molecule has 0 radical (unpaired) electrons. The first kappa shape index (κ1) is 27.9. The molecule has 2 fully saturated rings. The van der Waals surface area contributed by atoms with E-state index < -0.39 is 21.8 Å². The van der Waals surface area contributed by atoms with Gasteiger partial charge >= 0.3 is 6.18 Å². The fraction of sp³-hybridized carbons (Fsp3) is 0.720. The second kappa shape index (κ2) is 10.4. The zero-order chi connectivity index (χ0) is 26.2. The number of hydrogen-bond donors (Lipinski definition) is 1. The van der Waals surface area contributed by atoms with E-state index in [1.165, 1.54) is 4.31 Å². The third kappa shape index (κ3) is 6.20. The molecule has 1 aromatic carbocycles. The van der Waals surface area contributed by atoms with Crippen LogP contribution in [-0.4, -0.2) is 62.3 Å². The minimum atomic E-state index is -4.52. The summed E-state index contributed by atoms with van der Waals surface area (Å²) in [5, 5.41) is 3.17. The van der Waals surface area contributed by atoms with Crippen LogP contribution in [0.25, 0.3) is 0 Å². The van der Waals surface area contributed by atoms with Crippen molar-refractivity contribution in [3.8, 4) is 0 Å². The lowest BCUT2D eigenvalue weighted by Crippen LogP contribution is -2.52. The monoisotopic (exact) mass is 517 g/mol. The molecule has 1 saturated carbocycles. The van der Waals surface area contributed by atoms with Gasteiger partial charge in [0, 0.05) is 25.7 Å². The Morgan fingerprint density at radius 2 is 1.77 bits per heavy atom. The average Bonchev–Trinajstić information content (AvgIpc) is 3.36. The maximum Gasteiger partial charge on any atom is 0.416 e. The maximum atomic E-state index is 13.6. The number of nitrogens with one attached hydrogen (secondary N) is 1. The number of nitrogens with zero attached hydrogens (tertiary/aromatic N) is 2. The lowest BCUT2D eigenvalue weighted by molar-refractivity contribution is -0.138. The van der Waals surface area contributed by atoms with Crippen molar-refractivity contribution in [1.82, 2.24) is 14.5 Å². The van der Waals surface area contributed by atoms with E-state index in [0.717, 1.165) is 43.5 Å². The number of alkyl halides is 3. The summed E-state index contributed by atoms with van der Waals surface area (Å²) < 4.78 is 66.5. The number of benzene rings is 1. The van der Waals surface area contributed by atoms with Crippen LogP contribution in [0.2, 0.25) is 0 Å². The maximum absolute atomic E-state index is 13.6. The van der Waals surface area contributed by atoms with E-state index in [0.29, 0.717) is 19.5 Å². The van der Waals surface area contributed by atoms with Crippen molar-refractivity contribution in [3.63, 3.8) is 0 Å². The van der Waals surface area contributed by atoms with Crippen LogP contribution < -0.4 is 5.32 Å². The first-order valence-electron chi connectivity index (χ1n) is 12.3. The Labute approximate surface area is 207 Å². The van der Waals surface area contributed by atoms with Crippen LogP contribution in [0.4, 0.5) is 13.2 Å². The molecule has 2 aliphatic rings. The minimum Gasteiger partial charge on any atom is -0.338 e. The highest BCUT2D eigenvalue weighted by molar-refractivity contribution is 7.89. The fourth-order valence-corrected chi connectivity index (χ4v) is 7.08. The molecule has 1 heterocycles. The van der Waals surface area contributed by atoms with Crippen LogP contribution in [0.3, 0.4) is 0 Å². The lowest BCUT2D eigenvalue weighted by atomic mass is 9.87. The van der Waals surface area contributed by atoms with Gasteiger partial charge in [-0.3, -0.25) is 4.79 Å². The topological polar surface area (TPSA) is 69.7 Å². The molecule has 1 amide bonds. The van der Waals surface area contributed by atoms with Gasteiger partial charge < -0.3 is 10.2 Å². The number of halogens is 3. The molecule has 0 aromatic heterocycles. The van der Waals surface area contributed by atoms with E-state index in [9.17, 15) is 26.4 Å². The highest BCUT2D eigenvalue weighted by Crippen LogP contribution is 2.43. The molecular weight excluding hydrogens is 479 g/mol. The van der Waals surface area contributed by atoms with Gasteiger partial charge in [0.1, 0.15) is 0 Å². The summed E-state index contributed by atoms with van der Waals surface area (Å²) in [5.41, 5.74) is -0.905. The van der Waals surface area contributed by atoms with E-state index >= 15 is 0 Å². The molecule has 1 saturated heterocycles. The van der Waals surface area contributed by atoms with Gasteiger partial charge in [0.15, 0.2) is 0 Å². The third-order valence-electron chi connectivity index (χ3n) is 7.22. The summed E-state index contributed by atoms with van der Waals surface area (Å²) in [7, 11) is -2.12. The number of sulfonamides is 1. The Bertz CT molecular complexity index is 990. The quantitative estimate of drug-likeness (QED) is 0.556. The van der Waals surface area contributed by atoms with Gasteiger partial charge in [0.25, 0.3) is 0 Å². The van der Waals surface area contributed by atoms with Crippen molar-refractivity contribution >= 4 is 15.9 Å². The third-order valence-corrected chi connectivity index (χ3v) is 9.06. The van der Waals surface area contributed by atoms with E-state index in [1.807, 2.05) is 11.8 Å². The number of carbonyl (C=O) groups is 1. The SMILES string of the molecule is CCCN(C(=O)[C@H](CC(C)(C)C)NC)[C@H]1CC[C@@H]2CN(S(=O)(=O)c3ccc(C(F)(F)F)cc3)C[C@@H]21. The van der Waals surface area contributed by atoms with Gasteiger partial charge in [0.05, 0.1) is 16.5 Å². The molecule has 1 N–H and O–H groups in total. The average molecular weight is 518 g/mol. The number of fused-ring (bicyclic) bond motifs is 1. The Morgan fingerprint density at radius 1 is 1.14 bits per heavy atom. The molecule has 1 aliphatic heterocycles. The van der Waals surface area contributed by atoms with Crippen molar-refractivity contribution in [3.05, 3.63) is 29.8 Å². The van der Waals surface area contributed by atoms with Crippen LogP contribution in [0.5, 0.6) is 0 Å². The van der Waals surface area contributed by atoms with Crippen LogP contribution >= 0.6 is 0 Å². The van der Waals surface area contributed by atoms with E-state index in [2.05, 4.69) is 26.1 Å². The predicted molar refractivity (Wildman–Crippen MR) is 129 cm³/mol. The summed E-state index contributed by atoms with van der Waals surface area (Å²) in [6, 6.07) is 3.31. The molecule has 198 valence electrons. The van der Waals surface area contributed by atoms with Crippen molar-refractivity contribution in [2.24, 2.45) is 17.3 Å². The van der Waals surface area contributed by atoms with Gasteiger partial charge in [-0.1, -0.05) is 27.7 Å². The first-order chi connectivity index (χ1) is 16.2. The van der Waals surface area contributed by atoms with Crippen LogP contribution in [0.15, 0.2) is 29.2 Å². The van der Waals surface area contributed by atoms with Crippen LogP contribution in [0.1, 0.15) is 58.9 Å². The zero-order valence-electron chi connectivity index (χ0n) is 21.2. The largest absolute Gasteiger partial charge is 0.416 e. The van der Waals surface area contributed by atoms with Gasteiger partial charge in [-0.2, -0.15) is 17.5 Å². The minimum absolute atomic E-state index is 0.0156. The van der Waals surface area contributed by atoms with Crippen LogP contribution in [0, 0.1) is 17.3 Å². The van der Waals surface area contributed by atoms with E-state index in [1.54, 1.807) is 7.05 Å². The fourth-order valence-electron chi connectivity index (χ4n) is 5.55. The van der Waals surface area contributed by atoms with E-state index in [-0.39, 0.29) is 46.7 Å². The normalized spacial score (nSPS) is 24.4. The first-order valence-corrected chi connectivity index (χ1v) is 13.8. The molecule has 4 atom stereocenters. The molecule has 1 aliphatic carbocycles. The summed E-state index contributed by atoms with van der Waals surface area (Å²) >= 11 is 0. The number of hydrogen-bond acceptors (Lipinski definition) is 4. The molecular formula is C25H38F3N3O3S. The second-order valence-corrected chi connectivity index (χ2v) is 13.0. The van der Waals surface area contributed by atoms with Crippen molar-refractivity contribution < 1.29 is 26.4 Å². The molecule has 3 rings (SSSR count). The molecule has 6 nitrogen and oxygen atoms in total. The van der Waals surface area contributed by atoms with Gasteiger partial charge in [-0.05, 0) is 74.2 Å². The van der Waals surface area contributed by atoms with Crippen molar-refractivity contribution in [2.45, 2.75) is 76.5 Å². The number of carbonyl (C=O) groups excluding carboxylic acids is 1. The molecule has 0 spiro atoms. The Morgan fingerprint density at radius 3 is 2.29 bits per heavy atom. The highest BCUT2D eigenvalue weighted by atomic mass is 32.2. The summed E-state index contributed by atoms with van der Waals surface area (Å²) in [4.78, 5) is 15.4.